The number of carbonyl (C=O) groups is 4. The number of rotatable bonds is 73. The number of carbonyl (C=O) groups excluding carboxylic acids is 4. The molecular formula is C75H145N9O9. The maximum atomic E-state index is 13.0. The molecule has 18 nitrogen and oxygen atoms in total. The van der Waals surface area contributed by atoms with Crippen molar-refractivity contribution in [1.29, 1.82) is 0 Å². The summed E-state index contributed by atoms with van der Waals surface area (Å²) in [5, 5.41) is 19.8. The molecule has 0 spiro atoms. The molecule has 0 aliphatic carbocycles. The number of likely N-dealkylation sites (N-methyl/N-ethyl adjacent to an activating group) is 1. The first kappa shape index (κ1) is 87.1. The normalized spacial score (nSPS) is 11.5. The first-order chi connectivity index (χ1) is 45.7. The van der Waals surface area contributed by atoms with Crippen LogP contribution in [0.3, 0.4) is 0 Å². The highest BCUT2D eigenvalue weighted by Crippen LogP contribution is 2.17. The molecule has 1 heterocycles. The van der Waals surface area contributed by atoms with E-state index in [9.17, 15) is 24.3 Å². The maximum Gasteiger partial charge on any atom is 0.307 e. The first-order valence-electron chi connectivity index (χ1n) is 39.1. The van der Waals surface area contributed by atoms with Crippen molar-refractivity contribution in [2.24, 2.45) is 0 Å². The van der Waals surface area contributed by atoms with Crippen LogP contribution in [0, 0.1) is 0 Å². The van der Waals surface area contributed by atoms with Gasteiger partial charge in [0.1, 0.15) is 0 Å². The highest BCUT2D eigenvalue weighted by molar-refractivity contribution is 5.71. The number of esters is 4. The number of nitrogens with zero attached hydrogens (tertiary/aromatic N) is 6. The molecular weight excluding hydrogens is 1170 g/mol. The first-order valence-corrected chi connectivity index (χ1v) is 39.1. The fourth-order valence-electron chi connectivity index (χ4n) is 11.6. The number of ether oxygens (including phenoxy) is 4. The zero-order valence-corrected chi connectivity index (χ0v) is 60.9. The molecule has 4 N–H and O–H groups in total. The molecule has 544 valence electrons. The monoisotopic (exact) mass is 1320 g/mol. The largest absolute Gasteiger partial charge is 0.466 e. The number of anilines is 3. The van der Waals surface area contributed by atoms with Crippen molar-refractivity contribution < 1.29 is 43.2 Å². The summed E-state index contributed by atoms with van der Waals surface area (Å²) < 4.78 is 22.7. The molecule has 18 heteroatoms. The number of aliphatic hydroxyl groups excluding tert-OH is 1. The van der Waals surface area contributed by atoms with Gasteiger partial charge in [-0.1, -0.05) is 266 Å². The van der Waals surface area contributed by atoms with Gasteiger partial charge in [-0.15, -0.1) is 0 Å². The smallest absolute Gasteiger partial charge is 0.307 e. The van der Waals surface area contributed by atoms with Gasteiger partial charge in [0.2, 0.25) is 17.8 Å². The second-order valence-electron chi connectivity index (χ2n) is 26.2. The molecule has 0 radical (unpaired) electrons. The van der Waals surface area contributed by atoms with E-state index in [1.54, 1.807) is 0 Å². The molecule has 1 aromatic rings. The van der Waals surface area contributed by atoms with Crippen LogP contribution in [0.2, 0.25) is 0 Å². The summed E-state index contributed by atoms with van der Waals surface area (Å²) in [5.41, 5.74) is 0. The van der Waals surface area contributed by atoms with Crippen LogP contribution in [-0.2, 0) is 38.1 Å². The fraction of sp³-hybridized carbons (Fsp3) is 0.907. The minimum atomic E-state index is -0.210. The topological polar surface area (TPSA) is 210 Å². The van der Waals surface area contributed by atoms with Crippen LogP contribution in [-0.4, -0.2) is 170 Å². The lowest BCUT2D eigenvalue weighted by Crippen LogP contribution is -2.32. The third-order valence-electron chi connectivity index (χ3n) is 17.7. The highest BCUT2D eigenvalue weighted by Gasteiger charge is 2.16. The Kier molecular flexibility index (Phi) is 63.8. The van der Waals surface area contributed by atoms with Gasteiger partial charge in [-0.05, 0) is 58.2 Å². The number of aliphatic hydroxyl groups is 1. The van der Waals surface area contributed by atoms with Crippen LogP contribution < -0.4 is 16.0 Å². The van der Waals surface area contributed by atoms with Gasteiger partial charge in [0.15, 0.2) is 0 Å². The quantitative estimate of drug-likeness (QED) is 0.0271. The molecule has 0 atom stereocenters. The zero-order valence-electron chi connectivity index (χ0n) is 60.9. The van der Waals surface area contributed by atoms with E-state index in [1.165, 1.54) is 205 Å². The summed E-state index contributed by atoms with van der Waals surface area (Å²) in [6.07, 6.45) is 51.3. The Morgan fingerprint density at radius 1 is 0.290 bits per heavy atom. The molecule has 0 unspecified atom stereocenters. The second kappa shape index (κ2) is 68.1. The Hall–Kier alpha value is -3.87. The Labute approximate surface area is 569 Å². The molecule has 0 aromatic carbocycles. The van der Waals surface area contributed by atoms with Crippen molar-refractivity contribution in [3.8, 4) is 0 Å². The molecule has 0 fully saturated rings. The van der Waals surface area contributed by atoms with Crippen molar-refractivity contribution >= 4 is 41.7 Å². The van der Waals surface area contributed by atoms with Crippen molar-refractivity contribution in [3.63, 3.8) is 0 Å². The van der Waals surface area contributed by atoms with E-state index >= 15 is 0 Å². The second-order valence-corrected chi connectivity index (χ2v) is 26.2. The molecule has 0 amide bonds. The van der Waals surface area contributed by atoms with Crippen molar-refractivity contribution in [2.75, 3.05) is 128 Å². The number of hydrogen-bond acceptors (Lipinski definition) is 18. The summed E-state index contributed by atoms with van der Waals surface area (Å²) in [5.74, 6) is 0.390. The minimum absolute atomic E-state index is 0.0801. The van der Waals surface area contributed by atoms with Gasteiger partial charge < -0.3 is 49.8 Å². The van der Waals surface area contributed by atoms with E-state index in [0.717, 1.165) is 57.9 Å². The van der Waals surface area contributed by atoms with Crippen LogP contribution in [0.4, 0.5) is 17.8 Å². The van der Waals surface area contributed by atoms with Crippen LogP contribution in [0.15, 0.2) is 0 Å². The Morgan fingerprint density at radius 3 is 0.763 bits per heavy atom. The Balaban J connectivity index is 2.98. The standard InChI is InChI=1S/C75H145N9O9/c1-6-11-15-19-23-27-31-35-39-43-65-90-69(86)49-58-83(59-50-70(87)91-66-44-40-36-32-28-24-20-16-12-7-2)56-47-53-76-73-79-74(81-75(80-73)78-55-62-82(10-5)63-64-85)77-54-48-57-84(60-51-71(88)92-67-45-41-37-33-29-25-21-17-13-8-3)61-52-72(89)93-68-46-42-38-34-30-26-22-18-14-9-4/h85H,6-68H2,1-5H3,(H3,76,77,78,79,80,81). The lowest BCUT2D eigenvalue weighted by Gasteiger charge is -2.22. The van der Waals surface area contributed by atoms with Crippen molar-refractivity contribution in [3.05, 3.63) is 0 Å². The third kappa shape index (κ3) is 59.2. The number of unbranched alkanes of at least 4 members (excludes halogenated alkanes) is 36. The van der Waals surface area contributed by atoms with E-state index in [2.05, 4.69) is 65.3 Å². The molecule has 93 heavy (non-hydrogen) atoms. The molecule has 0 saturated heterocycles. The average molecular weight is 1320 g/mol. The van der Waals surface area contributed by atoms with Gasteiger partial charge in [0, 0.05) is 58.9 Å². The number of hydrogen-bond donors (Lipinski definition) is 4. The van der Waals surface area contributed by atoms with Crippen molar-refractivity contribution in [1.82, 2.24) is 29.7 Å². The van der Waals surface area contributed by atoms with Gasteiger partial charge in [-0.2, -0.15) is 15.0 Å². The van der Waals surface area contributed by atoms with Gasteiger partial charge >= 0.3 is 23.9 Å². The molecule has 0 aliphatic rings. The van der Waals surface area contributed by atoms with E-state index in [1.807, 2.05) is 0 Å². The summed E-state index contributed by atoms with van der Waals surface area (Å²) in [6, 6.07) is 0. The lowest BCUT2D eigenvalue weighted by molar-refractivity contribution is -0.146. The van der Waals surface area contributed by atoms with Crippen molar-refractivity contribution in [2.45, 2.75) is 330 Å². The zero-order chi connectivity index (χ0) is 67.4. The van der Waals surface area contributed by atoms with Crippen LogP contribution in [0.5, 0.6) is 0 Å². The predicted octanol–water partition coefficient (Wildman–Crippen LogP) is 17.2. The fourth-order valence-corrected chi connectivity index (χ4v) is 11.6. The molecule has 0 saturated carbocycles. The van der Waals surface area contributed by atoms with Crippen LogP contribution >= 0.6 is 0 Å². The summed E-state index contributed by atoms with van der Waals surface area (Å²) in [6.45, 7) is 19.8. The third-order valence-corrected chi connectivity index (χ3v) is 17.7. The highest BCUT2D eigenvalue weighted by atomic mass is 16.5. The minimum Gasteiger partial charge on any atom is -0.466 e. The van der Waals surface area contributed by atoms with Gasteiger partial charge in [0.25, 0.3) is 0 Å². The Morgan fingerprint density at radius 2 is 0.527 bits per heavy atom. The van der Waals surface area contributed by atoms with Gasteiger partial charge in [0.05, 0.1) is 58.7 Å². The molecule has 0 aliphatic heterocycles. The maximum absolute atomic E-state index is 13.0. The number of aromatic nitrogens is 3. The van der Waals surface area contributed by atoms with Gasteiger partial charge in [-0.25, -0.2) is 0 Å². The average Bonchev–Trinajstić information content (AvgIpc) is 1.51. The lowest BCUT2D eigenvalue weighted by atomic mass is 10.1. The molecule has 0 bridgehead atoms. The Bertz CT molecular complexity index is 1640. The van der Waals surface area contributed by atoms with Gasteiger partial charge in [-0.3, -0.25) is 24.1 Å². The summed E-state index contributed by atoms with van der Waals surface area (Å²) in [4.78, 5) is 72.7. The van der Waals surface area contributed by atoms with Crippen LogP contribution in [0.25, 0.3) is 0 Å². The van der Waals surface area contributed by atoms with Crippen LogP contribution in [0.1, 0.15) is 330 Å². The number of nitrogens with one attached hydrogen (secondary N) is 3. The van der Waals surface area contributed by atoms with E-state index in [4.69, 9.17) is 33.9 Å². The molecule has 1 rings (SSSR count). The van der Waals surface area contributed by atoms with E-state index < -0.39 is 0 Å². The van der Waals surface area contributed by atoms with E-state index in [-0.39, 0.29) is 56.2 Å². The SMILES string of the molecule is CCCCCCCCCCCCOC(=O)CCN(CCCNc1nc(NCCCN(CCC(=O)OCCCCCCCCCCCC)CCC(=O)OCCCCCCCCCCCC)nc(NCCN(CC)CCO)n1)CCC(=O)OCCCCCCCCCCCC. The predicted molar refractivity (Wildman–Crippen MR) is 386 cm³/mol. The van der Waals surface area contributed by atoms with E-state index in [0.29, 0.717) is 129 Å². The molecule has 1 aromatic heterocycles. The summed E-state index contributed by atoms with van der Waals surface area (Å²) in [7, 11) is 0. The summed E-state index contributed by atoms with van der Waals surface area (Å²) >= 11 is 0.